The van der Waals surface area contributed by atoms with Gasteiger partial charge in [-0.05, 0) is 23.6 Å². The average Bonchev–Trinajstić information content (AvgIpc) is 2.42. The molecule has 0 aliphatic heterocycles. The average molecular weight is 256 g/mol. The molecule has 100 valence electrons. The van der Waals surface area contributed by atoms with Crippen LogP contribution in [0.4, 0.5) is 0 Å². The fourth-order valence-corrected chi connectivity index (χ4v) is 2.38. The lowest BCUT2D eigenvalue weighted by molar-refractivity contribution is 0.299. The largest absolute Gasteiger partial charge is 0.508 e. The first-order valence-corrected chi connectivity index (χ1v) is 6.54. The van der Waals surface area contributed by atoms with Crippen molar-refractivity contribution in [1.82, 2.24) is 0 Å². The first kappa shape index (κ1) is 13.6. The van der Waals surface area contributed by atoms with Crippen LogP contribution in [0.15, 0.2) is 48.5 Å². The molecule has 0 heterocycles. The molecule has 2 rings (SSSR count). The van der Waals surface area contributed by atoms with Gasteiger partial charge in [-0.1, -0.05) is 56.3 Å². The van der Waals surface area contributed by atoms with Gasteiger partial charge in [0.1, 0.15) is 5.75 Å². The third-order valence-corrected chi connectivity index (χ3v) is 3.63. The monoisotopic (exact) mass is 256 g/mol. The third kappa shape index (κ3) is 2.79. The van der Waals surface area contributed by atoms with Crippen molar-refractivity contribution in [3.8, 4) is 5.75 Å². The highest BCUT2D eigenvalue weighted by atomic mass is 16.3. The second-order valence-corrected chi connectivity index (χ2v) is 5.32. The maximum absolute atomic E-state index is 10.1. The van der Waals surface area contributed by atoms with Gasteiger partial charge >= 0.3 is 0 Å². The molecule has 2 heteroatoms. The Balaban J connectivity index is 2.47. The van der Waals surface area contributed by atoms with E-state index in [9.17, 15) is 5.11 Å². The zero-order valence-electron chi connectivity index (χ0n) is 11.4. The molecule has 0 amide bonds. The molecule has 19 heavy (non-hydrogen) atoms. The number of phenolic OH excluding ortho intramolecular Hbond substituents is 1. The zero-order chi connectivity index (χ0) is 13.9. The Hall–Kier alpha value is -1.80. The Labute approximate surface area is 114 Å². The molecule has 0 atom stereocenters. The van der Waals surface area contributed by atoms with Crippen molar-refractivity contribution in [3.05, 3.63) is 65.2 Å². The maximum Gasteiger partial charge on any atom is 0.119 e. The van der Waals surface area contributed by atoms with Gasteiger partial charge in [0.15, 0.2) is 0 Å². The summed E-state index contributed by atoms with van der Waals surface area (Å²) >= 11 is 0. The fourth-order valence-electron chi connectivity index (χ4n) is 2.38. The molecular formula is C17H20O2. The van der Waals surface area contributed by atoms with Gasteiger partial charge in [0.2, 0.25) is 0 Å². The molecule has 0 unspecified atom stereocenters. The van der Waals surface area contributed by atoms with E-state index in [1.54, 1.807) is 6.07 Å². The van der Waals surface area contributed by atoms with Crippen LogP contribution in [0.3, 0.4) is 0 Å². The predicted molar refractivity (Wildman–Crippen MR) is 77.5 cm³/mol. The van der Waals surface area contributed by atoms with Crippen molar-refractivity contribution in [2.75, 3.05) is 6.61 Å². The summed E-state index contributed by atoms with van der Waals surface area (Å²) in [4.78, 5) is 0. The van der Waals surface area contributed by atoms with Crippen molar-refractivity contribution in [1.29, 1.82) is 0 Å². The van der Waals surface area contributed by atoms with Crippen molar-refractivity contribution in [3.63, 3.8) is 0 Å². The summed E-state index contributed by atoms with van der Waals surface area (Å²) in [6.07, 6.45) is 0.609. The van der Waals surface area contributed by atoms with Gasteiger partial charge in [-0.2, -0.15) is 0 Å². The molecule has 0 aromatic heterocycles. The number of phenols is 1. The van der Waals surface area contributed by atoms with E-state index in [4.69, 9.17) is 5.11 Å². The van der Waals surface area contributed by atoms with Crippen LogP contribution in [-0.2, 0) is 11.8 Å². The quantitative estimate of drug-likeness (QED) is 0.881. The Morgan fingerprint density at radius 1 is 1.00 bits per heavy atom. The molecule has 0 aliphatic rings. The highest BCUT2D eigenvalue weighted by Gasteiger charge is 2.26. The SMILES string of the molecule is CC(C)(c1ccccc1)c1cc(CCO)ccc1O. The van der Waals surface area contributed by atoms with Crippen LogP contribution >= 0.6 is 0 Å². The molecule has 0 saturated carbocycles. The van der Waals surface area contributed by atoms with Gasteiger partial charge in [-0.25, -0.2) is 0 Å². The minimum absolute atomic E-state index is 0.121. The molecule has 0 saturated heterocycles. The minimum Gasteiger partial charge on any atom is -0.508 e. The highest BCUT2D eigenvalue weighted by Crippen LogP contribution is 2.37. The Morgan fingerprint density at radius 2 is 1.68 bits per heavy atom. The van der Waals surface area contributed by atoms with E-state index in [2.05, 4.69) is 26.0 Å². The van der Waals surface area contributed by atoms with Gasteiger partial charge in [0, 0.05) is 17.6 Å². The normalized spacial score (nSPS) is 11.5. The van der Waals surface area contributed by atoms with Gasteiger partial charge in [-0.3, -0.25) is 0 Å². The molecule has 0 fully saturated rings. The van der Waals surface area contributed by atoms with Gasteiger partial charge < -0.3 is 10.2 Å². The molecule has 2 nitrogen and oxygen atoms in total. The van der Waals surface area contributed by atoms with Crippen LogP contribution in [0, 0.1) is 0 Å². The standard InChI is InChI=1S/C17H20O2/c1-17(2,14-6-4-3-5-7-14)15-12-13(10-11-18)8-9-16(15)19/h3-9,12,18-19H,10-11H2,1-2H3. The van der Waals surface area contributed by atoms with Crippen molar-refractivity contribution in [2.45, 2.75) is 25.7 Å². The van der Waals surface area contributed by atoms with E-state index in [0.29, 0.717) is 12.2 Å². The summed E-state index contributed by atoms with van der Waals surface area (Å²) in [5, 5.41) is 19.2. The van der Waals surface area contributed by atoms with Crippen LogP contribution in [0.25, 0.3) is 0 Å². The summed E-state index contributed by atoms with van der Waals surface area (Å²) < 4.78 is 0. The van der Waals surface area contributed by atoms with E-state index in [0.717, 1.165) is 16.7 Å². The van der Waals surface area contributed by atoms with Crippen LogP contribution in [0.1, 0.15) is 30.5 Å². The van der Waals surface area contributed by atoms with E-state index < -0.39 is 0 Å². The maximum atomic E-state index is 10.1. The van der Waals surface area contributed by atoms with E-state index in [-0.39, 0.29) is 12.0 Å². The summed E-state index contributed by atoms with van der Waals surface area (Å²) in [5.41, 5.74) is 2.83. The Bertz CT molecular complexity index is 544. The number of rotatable bonds is 4. The van der Waals surface area contributed by atoms with Gasteiger partial charge in [0.05, 0.1) is 0 Å². The summed E-state index contributed by atoms with van der Waals surface area (Å²) in [5.74, 6) is 0.301. The minimum atomic E-state index is -0.267. The molecule has 2 aromatic rings. The van der Waals surface area contributed by atoms with Crippen LogP contribution < -0.4 is 0 Å². The highest BCUT2D eigenvalue weighted by molar-refractivity contribution is 5.47. The number of benzene rings is 2. The van der Waals surface area contributed by atoms with Crippen molar-refractivity contribution in [2.24, 2.45) is 0 Å². The van der Waals surface area contributed by atoms with Crippen LogP contribution in [-0.4, -0.2) is 16.8 Å². The molecule has 0 spiro atoms. The van der Waals surface area contributed by atoms with E-state index >= 15 is 0 Å². The topological polar surface area (TPSA) is 40.5 Å². The first-order chi connectivity index (χ1) is 9.05. The second-order valence-electron chi connectivity index (χ2n) is 5.32. The number of aromatic hydroxyl groups is 1. The lowest BCUT2D eigenvalue weighted by atomic mass is 9.77. The molecule has 0 bridgehead atoms. The smallest absolute Gasteiger partial charge is 0.119 e. The lowest BCUT2D eigenvalue weighted by Gasteiger charge is -2.27. The summed E-state index contributed by atoms with van der Waals surface area (Å²) in [6, 6.07) is 15.7. The molecule has 2 aromatic carbocycles. The molecule has 2 N–H and O–H groups in total. The zero-order valence-corrected chi connectivity index (χ0v) is 11.4. The van der Waals surface area contributed by atoms with Crippen molar-refractivity contribution < 1.29 is 10.2 Å². The molecular weight excluding hydrogens is 236 g/mol. The summed E-state index contributed by atoms with van der Waals surface area (Å²) in [7, 11) is 0. The van der Waals surface area contributed by atoms with Crippen molar-refractivity contribution >= 4 is 0 Å². The van der Waals surface area contributed by atoms with Crippen LogP contribution in [0.5, 0.6) is 5.75 Å². The number of aliphatic hydroxyl groups is 1. The van der Waals surface area contributed by atoms with Gasteiger partial charge in [-0.15, -0.1) is 0 Å². The van der Waals surface area contributed by atoms with E-state index in [1.165, 1.54) is 0 Å². The lowest BCUT2D eigenvalue weighted by Crippen LogP contribution is -2.19. The second kappa shape index (κ2) is 5.45. The predicted octanol–water partition coefficient (Wildman–Crippen LogP) is 3.25. The molecule has 0 aliphatic carbocycles. The third-order valence-electron chi connectivity index (χ3n) is 3.63. The Morgan fingerprint density at radius 3 is 2.32 bits per heavy atom. The van der Waals surface area contributed by atoms with Crippen LogP contribution in [0.2, 0.25) is 0 Å². The first-order valence-electron chi connectivity index (χ1n) is 6.54. The summed E-state index contributed by atoms with van der Waals surface area (Å²) in [6.45, 7) is 4.32. The fraction of sp³-hybridized carbons (Fsp3) is 0.294. The number of hydrogen-bond donors (Lipinski definition) is 2. The van der Waals surface area contributed by atoms with E-state index in [1.807, 2.05) is 30.3 Å². The Kier molecular flexibility index (Phi) is 3.91. The van der Waals surface area contributed by atoms with Gasteiger partial charge in [0.25, 0.3) is 0 Å². The number of hydrogen-bond acceptors (Lipinski definition) is 2. The number of aliphatic hydroxyl groups excluding tert-OH is 1. The molecule has 0 radical (unpaired) electrons.